The summed E-state index contributed by atoms with van der Waals surface area (Å²) in [5.41, 5.74) is 3.17. The van der Waals surface area contributed by atoms with Gasteiger partial charge in [0.2, 0.25) is 16.0 Å². The summed E-state index contributed by atoms with van der Waals surface area (Å²) in [5, 5.41) is 5.71. The largest absolute Gasteiger partial charge is 0.494 e. The normalized spacial score (nSPS) is 18.2. The molecule has 0 spiro atoms. The topological polar surface area (TPSA) is 132 Å². The van der Waals surface area contributed by atoms with Gasteiger partial charge in [0.15, 0.2) is 11.6 Å². The quantitative estimate of drug-likeness (QED) is 0.250. The molecule has 0 bridgehead atoms. The summed E-state index contributed by atoms with van der Waals surface area (Å²) in [5.74, 6) is -0.0915. The molecule has 1 aliphatic carbocycles. The SMILES string of the molecule is COc1cc(N2CCC(N3CCN(C)CC3)CC2)ccc1Nc1ncc(F)c(Nc2ccc3nccnc3c2N(C)S(=O)(=O)C2CC2)n1. The second kappa shape index (κ2) is 13.3. The maximum absolute atomic E-state index is 15.2. The number of rotatable bonds is 10. The highest BCUT2D eigenvalue weighted by Crippen LogP contribution is 2.40. The van der Waals surface area contributed by atoms with Gasteiger partial charge in [0.25, 0.3) is 0 Å². The molecule has 1 saturated carbocycles. The fourth-order valence-electron chi connectivity index (χ4n) is 6.58. The van der Waals surface area contributed by atoms with Gasteiger partial charge in [0, 0.05) is 76.5 Å². The number of nitrogens with zero attached hydrogens (tertiary/aromatic N) is 8. The summed E-state index contributed by atoms with van der Waals surface area (Å²) < 4.78 is 48.7. The fraction of sp³-hybridized carbons (Fsp3) is 0.455. The molecule has 0 atom stereocenters. The van der Waals surface area contributed by atoms with Crippen molar-refractivity contribution in [1.82, 2.24) is 29.7 Å². The van der Waals surface area contributed by atoms with E-state index < -0.39 is 21.1 Å². The van der Waals surface area contributed by atoms with E-state index in [1.807, 2.05) is 18.2 Å². The zero-order chi connectivity index (χ0) is 33.4. The van der Waals surface area contributed by atoms with Gasteiger partial charge in [-0.1, -0.05) is 0 Å². The Bertz CT molecular complexity index is 1890. The lowest BCUT2D eigenvalue weighted by molar-refractivity contribution is 0.0982. The van der Waals surface area contributed by atoms with Crippen LogP contribution in [0.25, 0.3) is 11.0 Å². The summed E-state index contributed by atoms with van der Waals surface area (Å²) >= 11 is 0. The van der Waals surface area contributed by atoms with Crippen molar-refractivity contribution in [3.8, 4) is 5.75 Å². The molecule has 3 fully saturated rings. The highest BCUT2D eigenvalue weighted by molar-refractivity contribution is 7.93. The van der Waals surface area contributed by atoms with E-state index in [0.29, 0.717) is 47.0 Å². The molecule has 13 nitrogen and oxygen atoms in total. The molecule has 0 amide bonds. The van der Waals surface area contributed by atoms with E-state index in [9.17, 15) is 8.42 Å². The summed E-state index contributed by atoms with van der Waals surface area (Å²) in [7, 11) is 1.63. The summed E-state index contributed by atoms with van der Waals surface area (Å²) in [6, 6.07) is 9.93. The van der Waals surface area contributed by atoms with Crippen LogP contribution in [0.2, 0.25) is 0 Å². The van der Waals surface area contributed by atoms with Crippen molar-refractivity contribution in [2.45, 2.75) is 37.0 Å². The van der Waals surface area contributed by atoms with Crippen molar-refractivity contribution in [3.05, 3.63) is 54.7 Å². The first-order valence-electron chi connectivity index (χ1n) is 16.3. The molecule has 15 heteroatoms. The van der Waals surface area contributed by atoms with E-state index in [0.717, 1.165) is 64.0 Å². The summed E-state index contributed by atoms with van der Waals surface area (Å²) in [6.07, 6.45) is 7.54. The standard InChI is InChI=1S/C33H41FN10O3S/c1-41-16-18-44(19-17-41)22-10-14-43(15-11-22)23-4-7-26(29(20-23)47-3)39-33-37-21-25(34)32(40-33)38-28-9-8-27-30(36-13-12-35-27)31(28)42(2)48(45,46)24-5-6-24/h4,7-9,12-13,20-22,24H,5-6,10-11,14-19H2,1-3H3,(H2,37,38,39,40). The number of piperazine rings is 1. The maximum Gasteiger partial charge on any atom is 0.237 e. The fourth-order valence-corrected chi connectivity index (χ4v) is 8.20. The minimum atomic E-state index is -3.65. The number of anilines is 6. The first-order valence-corrected chi connectivity index (χ1v) is 17.8. The van der Waals surface area contributed by atoms with Gasteiger partial charge in [-0.2, -0.15) is 4.98 Å². The number of benzene rings is 2. The Morgan fingerprint density at radius 3 is 2.38 bits per heavy atom. The maximum atomic E-state index is 15.2. The lowest BCUT2D eigenvalue weighted by Crippen LogP contribution is -2.52. The average Bonchev–Trinajstić information content (AvgIpc) is 3.97. The van der Waals surface area contributed by atoms with E-state index in [1.54, 1.807) is 19.2 Å². The van der Waals surface area contributed by atoms with Crippen molar-refractivity contribution in [2.75, 3.05) is 80.3 Å². The van der Waals surface area contributed by atoms with Crippen LogP contribution in [0.1, 0.15) is 25.7 Å². The number of likely N-dealkylation sites (N-methyl/N-ethyl adjacent to an activating group) is 1. The van der Waals surface area contributed by atoms with Crippen LogP contribution in [0.3, 0.4) is 0 Å². The average molecular weight is 677 g/mol. The number of ether oxygens (including phenoxy) is 1. The van der Waals surface area contributed by atoms with Crippen molar-refractivity contribution in [2.24, 2.45) is 0 Å². The number of hydrogen-bond acceptors (Lipinski definition) is 12. The Morgan fingerprint density at radius 2 is 1.65 bits per heavy atom. The van der Waals surface area contributed by atoms with E-state index in [-0.39, 0.29) is 17.5 Å². The molecule has 2 aliphatic heterocycles. The minimum Gasteiger partial charge on any atom is -0.494 e. The molecule has 48 heavy (non-hydrogen) atoms. The third kappa shape index (κ3) is 6.54. The number of aromatic nitrogens is 4. The van der Waals surface area contributed by atoms with Gasteiger partial charge in [-0.15, -0.1) is 0 Å². The van der Waals surface area contributed by atoms with Gasteiger partial charge in [-0.3, -0.25) is 19.2 Å². The molecule has 4 aromatic rings. The number of fused-ring (bicyclic) bond motifs is 1. The number of methoxy groups -OCH3 is 1. The molecule has 0 radical (unpaired) electrons. The monoisotopic (exact) mass is 676 g/mol. The van der Waals surface area contributed by atoms with E-state index in [4.69, 9.17) is 4.74 Å². The van der Waals surface area contributed by atoms with Crippen LogP contribution < -0.4 is 24.6 Å². The Balaban J connectivity index is 1.09. The highest BCUT2D eigenvalue weighted by Gasteiger charge is 2.40. The van der Waals surface area contributed by atoms with Gasteiger partial charge in [-0.25, -0.2) is 17.8 Å². The number of hydrogen-bond donors (Lipinski definition) is 2. The van der Waals surface area contributed by atoms with Crippen LogP contribution in [-0.4, -0.2) is 110 Å². The number of halogens is 1. The summed E-state index contributed by atoms with van der Waals surface area (Å²) in [4.78, 5) is 24.7. The van der Waals surface area contributed by atoms with Crippen LogP contribution in [0.5, 0.6) is 5.75 Å². The van der Waals surface area contributed by atoms with E-state index in [2.05, 4.69) is 52.3 Å². The Labute approximate surface area is 280 Å². The lowest BCUT2D eigenvalue weighted by Gasteiger charge is -2.42. The van der Waals surface area contributed by atoms with E-state index >= 15 is 4.39 Å². The minimum absolute atomic E-state index is 0.131. The smallest absolute Gasteiger partial charge is 0.237 e. The Kier molecular flexibility index (Phi) is 8.92. The lowest BCUT2D eigenvalue weighted by atomic mass is 10.0. The Hall–Kier alpha value is -4.34. The molecular weight excluding hydrogens is 635 g/mol. The highest BCUT2D eigenvalue weighted by atomic mass is 32.2. The van der Waals surface area contributed by atoms with Crippen molar-refractivity contribution >= 4 is 55.6 Å². The molecule has 254 valence electrons. The molecule has 3 aliphatic rings. The molecule has 2 aromatic heterocycles. The predicted octanol–water partition coefficient (Wildman–Crippen LogP) is 4.20. The number of nitrogens with one attached hydrogen (secondary N) is 2. The van der Waals surface area contributed by atoms with Crippen LogP contribution >= 0.6 is 0 Å². The van der Waals surface area contributed by atoms with Gasteiger partial charge in [0.1, 0.15) is 17.0 Å². The van der Waals surface area contributed by atoms with Crippen molar-refractivity contribution in [3.63, 3.8) is 0 Å². The zero-order valence-electron chi connectivity index (χ0n) is 27.4. The number of piperidine rings is 1. The second-order valence-corrected chi connectivity index (χ2v) is 14.9. The first kappa shape index (κ1) is 32.2. The van der Waals surface area contributed by atoms with Crippen molar-refractivity contribution in [1.29, 1.82) is 0 Å². The van der Waals surface area contributed by atoms with Crippen LogP contribution in [0.15, 0.2) is 48.9 Å². The molecule has 2 aromatic carbocycles. The molecule has 7 rings (SSSR count). The third-order valence-electron chi connectivity index (χ3n) is 9.57. The second-order valence-electron chi connectivity index (χ2n) is 12.7. The van der Waals surface area contributed by atoms with Crippen LogP contribution in [0, 0.1) is 5.82 Å². The molecule has 4 heterocycles. The summed E-state index contributed by atoms with van der Waals surface area (Å²) in [6.45, 7) is 6.47. The van der Waals surface area contributed by atoms with Crippen LogP contribution in [-0.2, 0) is 10.0 Å². The molecule has 0 unspecified atom stereocenters. The third-order valence-corrected chi connectivity index (χ3v) is 11.8. The first-order chi connectivity index (χ1) is 23.2. The Morgan fingerprint density at radius 1 is 0.917 bits per heavy atom. The van der Waals surface area contributed by atoms with Gasteiger partial charge in [-0.05, 0) is 57.0 Å². The van der Waals surface area contributed by atoms with Gasteiger partial charge < -0.3 is 25.2 Å². The van der Waals surface area contributed by atoms with Crippen LogP contribution in [0.4, 0.5) is 38.9 Å². The van der Waals surface area contributed by atoms with Crippen molar-refractivity contribution < 1.29 is 17.5 Å². The molecule has 2 saturated heterocycles. The molecule has 2 N–H and O–H groups in total. The predicted molar refractivity (Wildman–Crippen MR) is 186 cm³/mol. The molecular formula is C33H41FN10O3S. The van der Waals surface area contributed by atoms with E-state index in [1.165, 1.54) is 23.7 Å². The van der Waals surface area contributed by atoms with Gasteiger partial charge >= 0.3 is 0 Å². The van der Waals surface area contributed by atoms with Gasteiger partial charge in [0.05, 0.1) is 35.4 Å². The zero-order valence-corrected chi connectivity index (χ0v) is 28.2. The number of sulfonamides is 1.